The van der Waals surface area contributed by atoms with Gasteiger partial charge >= 0.3 is 0 Å². The van der Waals surface area contributed by atoms with Crippen LogP contribution in [0, 0.1) is 0 Å². The molecule has 4 aromatic carbocycles. The largest absolute Gasteiger partial charge is 0.309 e. The molecule has 0 radical (unpaired) electrons. The third kappa shape index (κ3) is 4.55. The zero-order valence-electron chi connectivity index (χ0n) is 23.3. The molecule has 8 rings (SSSR count). The van der Waals surface area contributed by atoms with E-state index in [1.165, 1.54) is 21.8 Å². The number of aromatic nitrogens is 4. The minimum atomic E-state index is 0.815. The van der Waals surface area contributed by atoms with Crippen molar-refractivity contribution in [3.63, 3.8) is 0 Å². The van der Waals surface area contributed by atoms with Gasteiger partial charge in [0.1, 0.15) is 0 Å². The summed E-state index contributed by atoms with van der Waals surface area (Å²) in [5.74, 6) is 0. The summed E-state index contributed by atoms with van der Waals surface area (Å²) in [7, 11) is 0. The van der Waals surface area contributed by atoms with E-state index in [-0.39, 0.29) is 0 Å². The summed E-state index contributed by atoms with van der Waals surface area (Å²) >= 11 is 0. The number of pyridine rings is 3. The van der Waals surface area contributed by atoms with E-state index in [0.29, 0.717) is 0 Å². The highest BCUT2D eigenvalue weighted by molar-refractivity contribution is 6.10. The van der Waals surface area contributed by atoms with E-state index in [1.807, 2.05) is 30.5 Å². The van der Waals surface area contributed by atoms with Crippen molar-refractivity contribution in [2.75, 3.05) is 0 Å². The molecule has 4 heteroatoms. The van der Waals surface area contributed by atoms with Crippen molar-refractivity contribution in [2.45, 2.75) is 0 Å². The Balaban J connectivity index is 1.21. The molecule has 0 unspecified atom stereocenters. The lowest BCUT2D eigenvalue weighted by Gasteiger charge is -2.10. The van der Waals surface area contributed by atoms with Crippen LogP contribution in [0.15, 0.2) is 158 Å². The van der Waals surface area contributed by atoms with E-state index in [2.05, 4.69) is 131 Å². The van der Waals surface area contributed by atoms with Gasteiger partial charge in [-0.15, -0.1) is 0 Å². The molecule has 0 aliphatic rings. The Morgan fingerprint density at radius 1 is 0.395 bits per heavy atom. The minimum absolute atomic E-state index is 0.815. The summed E-state index contributed by atoms with van der Waals surface area (Å²) in [4.78, 5) is 14.4. The fourth-order valence-corrected chi connectivity index (χ4v) is 5.83. The molecule has 202 valence electrons. The van der Waals surface area contributed by atoms with Crippen molar-refractivity contribution in [3.05, 3.63) is 158 Å². The van der Waals surface area contributed by atoms with Gasteiger partial charge in [-0.05, 0) is 77.4 Å². The first-order valence-electron chi connectivity index (χ1n) is 14.4. The predicted octanol–water partition coefficient (Wildman–Crippen LogP) is 9.64. The molecule has 0 bridgehead atoms. The number of rotatable bonds is 5. The molecule has 4 aromatic heterocycles. The number of para-hydroxylation sites is 2. The number of hydrogen-bond donors (Lipinski definition) is 0. The second-order valence-electron chi connectivity index (χ2n) is 10.6. The van der Waals surface area contributed by atoms with Gasteiger partial charge in [-0.25, -0.2) is 4.98 Å². The van der Waals surface area contributed by atoms with E-state index in [1.54, 1.807) is 6.20 Å². The van der Waals surface area contributed by atoms with Crippen LogP contribution in [0.25, 0.3) is 72.5 Å². The van der Waals surface area contributed by atoms with Crippen LogP contribution in [0.3, 0.4) is 0 Å². The maximum atomic E-state index is 4.98. The van der Waals surface area contributed by atoms with Crippen LogP contribution in [0.2, 0.25) is 0 Å². The second-order valence-corrected chi connectivity index (χ2v) is 10.6. The Kier molecular flexibility index (Phi) is 6.08. The monoisotopic (exact) mass is 550 g/mol. The molecule has 0 amide bonds. The van der Waals surface area contributed by atoms with Crippen LogP contribution in [0.5, 0.6) is 0 Å². The summed E-state index contributed by atoms with van der Waals surface area (Å²) in [6.45, 7) is 0. The molecule has 0 aliphatic carbocycles. The Morgan fingerprint density at radius 2 is 1.07 bits per heavy atom. The molecule has 0 saturated heterocycles. The molecule has 8 aromatic rings. The van der Waals surface area contributed by atoms with Gasteiger partial charge in [-0.3, -0.25) is 9.97 Å². The van der Waals surface area contributed by atoms with Crippen LogP contribution in [0.4, 0.5) is 0 Å². The average molecular weight is 551 g/mol. The smallest absolute Gasteiger partial charge is 0.0900 e. The van der Waals surface area contributed by atoms with Crippen LogP contribution in [0.1, 0.15) is 0 Å². The SMILES string of the molecule is c1ccc(-c2cc(-c3ccccn3)nc(-c3ccc(-c4ccc5c(c4)c4ccccc4n5-c4ccccc4)cn3)c2)cc1. The van der Waals surface area contributed by atoms with E-state index in [9.17, 15) is 0 Å². The molecule has 0 atom stereocenters. The Morgan fingerprint density at radius 3 is 1.81 bits per heavy atom. The Bertz CT molecular complexity index is 2150. The summed E-state index contributed by atoms with van der Waals surface area (Å²) in [5, 5.41) is 2.45. The topological polar surface area (TPSA) is 43.6 Å². The molecule has 0 N–H and O–H groups in total. The van der Waals surface area contributed by atoms with E-state index in [0.717, 1.165) is 50.7 Å². The van der Waals surface area contributed by atoms with Crippen molar-refractivity contribution in [1.82, 2.24) is 19.5 Å². The van der Waals surface area contributed by atoms with Crippen molar-refractivity contribution in [2.24, 2.45) is 0 Å². The van der Waals surface area contributed by atoms with Crippen molar-refractivity contribution < 1.29 is 0 Å². The van der Waals surface area contributed by atoms with Crippen molar-refractivity contribution in [3.8, 4) is 50.7 Å². The first-order valence-corrected chi connectivity index (χ1v) is 14.4. The highest BCUT2D eigenvalue weighted by atomic mass is 15.0. The van der Waals surface area contributed by atoms with Gasteiger partial charge < -0.3 is 4.57 Å². The molecule has 0 fully saturated rings. The fourth-order valence-electron chi connectivity index (χ4n) is 5.83. The van der Waals surface area contributed by atoms with Gasteiger partial charge in [0.25, 0.3) is 0 Å². The highest BCUT2D eigenvalue weighted by Crippen LogP contribution is 2.35. The zero-order valence-corrected chi connectivity index (χ0v) is 23.3. The van der Waals surface area contributed by atoms with Crippen LogP contribution in [-0.4, -0.2) is 19.5 Å². The number of hydrogen-bond acceptors (Lipinski definition) is 3. The van der Waals surface area contributed by atoms with Crippen LogP contribution >= 0.6 is 0 Å². The zero-order chi connectivity index (χ0) is 28.6. The lowest BCUT2D eigenvalue weighted by atomic mass is 10.0. The third-order valence-electron chi connectivity index (χ3n) is 7.91. The second kappa shape index (κ2) is 10.5. The van der Waals surface area contributed by atoms with Gasteiger partial charge in [0.15, 0.2) is 0 Å². The van der Waals surface area contributed by atoms with Crippen LogP contribution < -0.4 is 0 Å². The lowest BCUT2D eigenvalue weighted by Crippen LogP contribution is -1.94. The Labute approximate surface area is 249 Å². The van der Waals surface area contributed by atoms with Crippen molar-refractivity contribution >= 4 is 21.8 Å². The summed E-state index contributed by atoms with van der Waals surface area (Å²) in [5.41, 5.74) is 11.2. The maximum absolute atomic E-state index is 4.98. The number of fused-ring (bicyclic) bond motifs is 3. The van der Waals surface area contributed by atoms with Gasteiger partial charge in [0, 0.05) is 34.4 Å². The van der Waals surface area contributed by atoms with E-state index >= 15 is 0 Å². The molecule has 4 nitrogen and oxygen atoms in total. The van der Waals surface area contributed by atoms with E-state index < -0.39 is 0 Å². The molecule has 43 heavy (non-hydrogen) atoms. The first kappa shape index (κ1) is 24.9. The standard InChI is InChI=1S/C39H26N4/c1-3-11-27(12-4-1)30-24-36(34-16-9-10-22-40-34)42-37(25-30)35-20-18-29(26-41-35)28-19-21-39-33(23-28)32-15-7-8-17-38(32)43(39)31-13-5-2-6-14-31/h1-26H. The van der Waals surface area contributed by atoms with Gasteiger partial charge in [0.2, 0.25) is 0 Å². The van der Waals surface area contributed by atoms with Gasteiger partial charge in [-0.2, -0.15) is 0 Å². The lowest BCUT2D eigenvalue weighted by molar-refractivity contribution is 1.18. The number of benzene rings is 4. The quantitative estimate of drug-likeness (QED) is 0.214. The molecule has 0 spiro atoms. The normalized spacial score (nSPS) is 11.3. The van der Waals surface area contributed by atoms with Gasteiger partial charge in [-0.1, -0.05) is 84.9 Å². The average Bonchev–Trinajstić information content (AvgIpc) is 3.43. The first-order chi connectivity index (χ1) is 21.3. The molecule has 0 saturated carbocycles. The third-order valence-corrected chi connectivity index (χ3v) is 7.91. The predicted molar refractivity (Wildman–Crippen MR) is 176 cm³/mol. The fraction of sp³-hybridized carbons (Fsp3) is 0. The molecule has 0 aliphatic heterocycles. The molecular formula is C39H26N4. The Hall–Kier alpha value is -5.87. The summed E-state index contributed by atoms with van der Waals surface area (Å²) < 4.78 is 2.33. The van der Waals surface area contributed by atoms with Crippen LogP contribution in [-0.2, 0) is 0 Å². The maximum Gasteiger partial charge on any atom is 0.0900 e. The summed E-state index contributed by atoms with van der Waals surface area (Å²) in [6, 6.07) is 50.5. The summed E-state index contributed by atoms with van der Waals surface area (Å²) in [6.07, 6.45) is 3.75. The van der Waals surface area contributed by atoms with Gasteiger partial charge in [0.05, 0.1) is 33.8 Å². The minimum Gasteiger partial charge on any atom is -0.309 e. The number of nitrogens with zero attached hydrogens (tertiary/aromatic N) is 4. The highest BCUT2D eigenvalue weighted by Gasteiger charge is 2.14. The van der Waals surface area contributed by atoms with Crippen molar-refractivity contribution in [1.29, 1.82) is 0 Å². The van der Waals surface area contributed by atoms with E-state index in [4.69, 9.17) is 9.97 Å². The molecule has 4 heterocycles. The molecular weight excluding hydrogens is 524 g/mol.